The van der Waals surface area contributed by atoms with E-state index in [4.69, 9.17) is 10.2 Å². The van der Waals surface area contributed by atoms with Crippen LogP contribution in [0.4, 0.5) is 0 Å². The van der Waals surface area contributed by atoms with Crippen LogP contribution < -0.4 is 10.5 Å². The number of esters is 1. The van der Waals surface area contributed by atoms with E-state index in [0.29, 0.717) is 12.8 Å². The maximum Gasteiger partial charge on any atom is 0.342 e. The monoisotopic (exact) mass is 330 g/mol. The minimum atomic E-state index is -3.86. The molecular weight excluding hydrogens is 308 g/mol. The zero-order valence-electron chi connectivity index (χ0n) is 13.0. The predicted octanol–water partition coefficient (Wildman–Crippen LogP) is 1.23. The highest BCUT2D eigenvalue weighted by atomic mass is 32.2. The topological polar surface area (TPSA) is 112 Å². The summed E-state index contributed by atoms with van der Waals surface area (Å²) in [5.74, 6) is -0.311. The molecular formula is C14H22N2O5S. The van der Waals surface area contributed by atoms with E-state index in [-0.39, 0.29) is 34.1 Å². The molecule has 0 bridgehead atoms. The van der Waals surface area contributed by atoms with Crippen molar-refractivity contribution in [2.45, 2.75) is 56.5 Å². The molecule has 0 radical (unpaired) electrons. The summed E-state index contributed by atoms with van der Waals surface area (Å²) in [4.78, 5) is 11.7. The van der Waals surface area contributed by atoms with Crippen molar-refractivity contribution in [3.05, 3.63) is 17.1 Å². The Morgan fingerprint density at radius 1 is 1.23 bits per heavy atom. The Labute approximate surface area is 130 Å². The molecule has 1 aromatic rings. The van der Waals surface area contributed by atoms with Gasteiger partial charge in [-0.15, -0.1) is 0 Å². The number of carbonyl (C=O) groups excluding carboxylic acids is 1. The zero-order chi connectivity index (χ0) is 16.5. The highest BCUT2D eigenvalue weighted by molar-refractivity contribution is 7.89. The second-order valence-corrected chi connectivity index (χ2v) is 7.29. The van der Waals surface area contributed by atoms with Crippen molar-refractivity contribution in [1.82, 2.24) is 4.72 Å². The van der Waals surface area contributed by atoms with Gasteiger partial charge >= 0.3 is 5.97 Å². The van der Waals surface area contributed by atoms with E-state index < -0.39 is 16.0 Å². The summed E-state index contributed by atoms with van der Waals surface area (Å²) in [6.45, 7) is 3.06. The molecule has 0 atom stereocenters. The lowest BCUT2D eigenvalue weighted by Gasteiger charge is -2.26. The molecule has 1 fully saturated rings. The number of hydrogen-bond acceptors (Lipinski definition) is 6. The van der Waals surface area contributed by atoms with Crippen LogP contribution in [0.25, 0.3) is 0 Å². The van der Waals surface area contributed by atoms with E-state index in [0.717, 1.165) is 12.8 Å². The van der Waals surface area contributed by atoms with Crippen molar-refractivity contribution in [2.75, 3.05) is 7.11 Å². The van der Waals surface area contributed by atoms with Gasteiger partial charge in [-0.25, -0.2) is 17.9 Å². The lowest BCUT2D eigenvalue weighted by atomic mass is 9.93. The minimum Gasteiger partial charge on any atom is -0.465 e. The van der Waals surface area contributed by atoms with Gasteiger partial charge in [-0.2, -0.15) is 0 Å². The zero-order valence-corrected chi connectivity index (χ0v) is 13.8. The molecule has 22 heavy (non-hydrogen) atoms. The Morgan fingerprint density at radius 3 is 2.36 bits per heavy atom. The van der Waals surface area contributed by atoms with Gasteiger partial charge < -0.3 is 14.9 Å². The molecule has 3 N–H and O–H groups in total. The van der Waals surface area contributed by atoms with E-state index in [1.165, 1.54) is 21.0 Å². The summed E-state index contributed by atoms with van der Waals surface area (Å²) in [6.07, 6.45) is 2.93. The molecule has 0 amide bonds. The SMILES string of the molecule is COC(=O)c1c(C)oc(C)c1S(=O)(=O)NC1CCC(N)CC1. The third kappa shape index (κ3) is 3.34. The minimum absolute atomic E-state index is 0.0417. The fourth-order valence-corrected chi connectivity index (χ4v) is 4.55. The number of carbonyl (C=O) groups is 1. The first-order valence-electron chi connectivity index (χ1n) is 7.22. The van der Waals surface area contributed by atoms with Crippen LogP contribution in [0.2, 0.25) is 0 Å². The van der Waals surface area contributed by atoms with Gasteiger partial charge in [0.15, 0.2) is 0 Å². The molecule has 1 aromatic heterocycles. The van der Waals surface area contributed by atoms with Gasteiger partial charge in [-0.1, -0.05) is 0 Å². The number of nitrogens with one attached hydrogen (secondary N) is 1. The van der Waals surface area contributed by atoms with Crippen LogP contribution in [0.3, 0.4) is 0 Å². The van der Waals surface area contributed by atoms with Crippen molar-refractivity contribution in [3.63, 3.8) is 0 Å². The largest absolute Gasteiger partial charge is 0.465 e. The molecule has 8 heteroatoms. The Kier molecular flexibility index (Phi) is 4.93. The third-order valence-corrected chi connectivity index (χ3v) is 5.63. The van der Waals surface area contributed by atoms with E-state index in [9.17, 15) is 13.2 Å². The Balaban J connectivity index is 2.31. The van der Waals surface area contributed by atoms with Gasteiger partial charge in [0.1, 0.15) is 22.0 Å². The van der Waals surface area contributed by atoms with Crippen molar-refractivity contribution >= 4 is 16.0 Å². The first kappa shape index (κ1) is 17.0. The average molecular weight is 330 g/mol. The van der Waals surface area contributed by atoms with Crippen LogP contribution in [0.15, 0.2) is 9.31 Å². The standard InChI is InChI=1S/C14H22N2O5S/c1-8-12(14(17)20-3)13(9(2)21-8)22(18,19)16-11-6-4-10(15)5-7-11/h10-11,16H,4-7,15H2,1-3H3. The van der Waals surface area contributed by atoms with Gasteiger partial charge in [0, 0.05) is 12.1 Å². The molecule has 0 aromatic carbocycles. The van der Waals surface area contributed by atoms with E-state index >= 15 is 0 Å². The summed E-state index contributed by atoms with van der Waals surface area (Å²) in [5, 5.41) is 0. The highest BCUT2D eigenvalue weighted by Gasteiger charge is 2.33. The fraction of sp³-hybridized carbons (Fsp3) is 0.643. The van der Waals surface area contributed by atoms with E-state index in [2.05, 4.69) is 9.46 Å². The smallest absolute Gasteiger partial charge is 0.342 e. The number of rotatable bonds is 4. The fourth-order valence-electron chi connectivity index (χ4n) is 2.84. The van der Waals surface area contributed by atoms with Gasteiger partial charge in [0.05, 0.1) is 7.11 Å². The van der Waals surface area contributed by atoms with Crippen LogP contribution >= 0.6 is 0 Å². The molecule has 0 spiro atoms. The number of aryl methyl sites for hydroxylation is 2. The van der Waals surface area contributed by atoms with E-state index in [1.54, 1.807) is 0 Å². The van der Waals surface area contributed by atoms with Gasteiger partial charge in [-0.3, -0.25) is 0 Å². The second-order valence-electron chi connectivity index (χ2n) is 5.64. The van der Waals surface area contributed by atoms with Crippen LogP contribution in [0.5, 0.6) is 0 Å². The average Bonchev–Trinajstić information content (AvgIpc) is 2.75. The summed E-state index contributed by atoms with van der Waals surface area (Å²) in [7, 11) is -2.65. The number of hydrogen-bond donors (Lipinski definition) is 2. The molecule has 1 heterocycles. The number of furan rings is 1. The maximum absolute atomic E-state index is 12.6. The molecule has 1 aliphatic rings. The summed E-state index contributed by atoms with van der Waals surface area (Å²) < 4.78 is 37.9. The maximum atomic E-state index is 12.6. The van der Waals surface area contributed by atoms with E-state index in [1.807, 2.05) is 0 Å². The molecule has 0 saturated heterocycles. The molecule has 0 aliphatic heterocycles. The summed E-state index contributed by atoms with van der Waals surface area (Å²) >= 11 is 0. The van der Waals surface area contributed by atoms with Crippen molar-refractivity contribution in [3.8, 4) is 0 Å². The number of ether oxygens (including phenoxy) is 1. The van der Waals surface area contributed by atoms with Gasteiger partial charge in [0.2, 0.25) is 10.0 Å². The molecule has 7 nitrogen and oxygen atoms in total. The number of methoxy groups -OCH3 is 1. The number of nitrogens with two attached hydrogens (primary N) is 1. The van der Waals surface area contributed by atoms with Crippen LogP contribution in [-0.2, 0) is 14.8 Å². The lowest BCUT2D eigenvalue weighted by molar-refractivity contribution is 0.0595. The molecule has 1 aliphatic carbocycles. The van der Waals surface area contributed by atoms with Crippen molar-refractivity contribution < 1.29 is 22.4 Å². The van der Waals surface area contributed by atoms with Crippen molar-refractivity contribution in [1.29, 1.82) is 0 Å². The van der Waals surface area contributed by atoms with Crippen LogP contribution in [-0.4, -0.2) is 33.6 Å². The Hall–Kier alpha value is -1.38. The molecule has 124 valence electrons. The second kappa shape index (κ2) is 6.39. The van der Waals surface area contributed by atoms with Gasteiger partial charge in [0.25, 0.3) is 0 Å². The number of sulfonamides is 1. The van der Waals surface area contributed by atoms with Crippen molar-refractivity contribution in [2.24, 2.45) is 5.73 Å². The normalized spacial score (nSPS) is 22.5. The Morgan fingerprint density at radius 2 is 1.82 bits per heavy atom. The van der Waals surface area contributed by atoms with Crippen LogP contribution in [0, 0.1) is 13.8 Å². The lowest BCUT2D eigenvalue weighted by Crippen LogP contribution is -2.40. The summed E-state index contributed by atoms with van der Waals surface area (Å²) in [5.41, 5.74) is 5.79. The first-order valence-corrected chi connectivity index (χ1v) is 8.70. The highest BCUT2D eigenvalue weighted by Crippen LogP contribution is 2.28. The molecule has 0 unspecified atom stereocenters. The summed E-state index contributed by atoms with van der Waals surface area (Å²) in [6, 6.07) is -0.0470. The van der Waals surface area contributed by atoms with Gasteiger partial charge in [-0.05, 0) is 39.5 Å². The Bertz CT molecular complexity index is 657. The molecule has 1 saturated carbocycles. The predicted molar refractivity (Wildman–Crippen MR) is 80.1 cm³/mol. The third-order valence-electron chi connectivity index (χ3n) is 3.96. The molecule has 2 rings (SSSR count). The quantitative estimate of drug-likeness (QED) is 0.803. The van der Waals surface area contributed by atoms with Crippen LogP contribution in [0.1, 0.15) is 47.6 Å². The first-order chi connectivity index (χ1) is 10.3.